The van der Waals surface area contributed by atoms with Crippen LogP contribution in [0.5, 0.6) is 0 Å². The Labute approximate surface area is 125 Å². The fourth-order valence-electron chi connectivity index (χ4n) is 1.65. The molecule has 0 aromatic heterocycles. The molecule has 0 radical (unpaired) electrons. The van der Waals surface area contributed by atoms with Crippen LogP contribution in [0.25, 0.3) is 0 Å². The molecule has 0 aliphatic carbocycles. The van der Waals surface area contributed by atoms with E-state index in [2.05, 4.69) is 5.32 Å². The van der Waals surface area contributed by atoms with Crippen molar-refractivity contribution in [2.75, 3.05) is 18.6 Å². The zero-order valence-corrected chi connectivity index (χ0v) is 13.5. The van der Waals surface area contributed by atoms with Gasteiger partial charge in [0.1, 0.15) is 0 Å². The lowest BCUT2D eigenvalue weighted by molar-refractivity contribution is -0.120. The standard InChI is InChI=1S/C14H21NO3S2/c1-12(19-2)14(16)15-9-6-10-20(17,18)11-13-7-4-3-5-8-13/h3-5,7-8,12H,6,9-11H2,1-2H3,(H,15,16). The summed E-state index contributed by atoms with van der Waals surface area (Å²) in [4.78, 5) is 11.5. The molecule has 1 amide bonds. The van der Waals surface area contributed by atoms with Crippen LogP contribution in [0.15, 0.2) is 30.3 Å². The molecule has 20 heavy (non-hydrogen) atoms. The summed E-state index contributed by atoms with van der Waals surface area (Å²) in [5, 5.41) is 2.64. The molecule has 112 valence electrons. The second kappa shape index (κ2) is 8.32. The summed E-state index contributed by atoms with van der Waals surface area (Å²) in [6, 6.07) is 9.13. The van der Waals surface area contributed by atoms with Gasteiger partial charge in [0.25, 0.3) is 0 Å². The molecule has 0 fully saturated rings. The van der Waals surface area contributed by atoms with Crippen molar-refractivity contribution in [1.29, 1.82) is 0 Å². The number of carbonyl (C=O) groups is 1. The molecule has 0 aliphatic heterocycles. The number of benzene rings is 1. The SMILES string of the molecule is CSC(C)C(=O)NCCCS(=O)(=O)Cc1ccccc1. The first-order valence-corrected chi connectivity index (χ1v) is 9.60. The lowest BCUT2D eigenvalue weighted by Gasteiger charge is -2.09. The highest BCUT2D eigenvalue weighted by Gasteiger charge is 2.13. The van der Waals surface area contributed by atoms with Crippen LogP contribution in [-0.2, 0) is 20.4 Å². The van der Waals surface area contributed by atoms with Crippen molar-refractivity contribution < 1.29 is 13.2 Å². The molecule has 6 heteroatoms. The molecule has 0 aliphatic rings. The van der Waals surface area contributed by atoms with E-state index in [0.29, 0.717) is 13.0 Å². The summed E-state index contributed by atoms with van der Waals surface area (Å²) in [6.07, 6.45) is 2.32. The Morgan fingerprint density at radius 3 is 2.55 bits per heavy atom. The van der Waals surface area contributed by atoms with Crippen molar-refractivity contribution in [3.05, 3.63) is 35.9 Å². The Kier molecular flexibility index (Phi) is 7.09. The highest BCUT2D eigenvalue weighted by molar-refractivity contribution is 7.99. The third-order valence-electron chi connectivity index (χ3n) is 2.88. The van der Waals surface area contributed by atoms with Gasteiger partial charge in [0.2, 0.25) is 5.91 Å². The van der Waals surface area contributed by atoms with Gasteiger partial charge in [-0.3, -0.25) is 4.79 Å². The Morgan fingerprint density at radius 1 is 1.30 bits per heavy atom. The highest BCUT2D eigenvalue weighted by atomic mass is 32.2. The van der Waals surface area contributed by atoms with Crippen LogP contribution < -0.4 is 5.32 Å². The minimum Gasteiger partial charge on any atom is -0.355 e. The highest BCUT2D eigenvalue weighted by Crippen LogP contribution is 2.07. The Morgan fingerprint density at radius 2 is 1.95 bits per heavy atom. The van der Waals surface area contributed by atoms with Crippen LogP contribution in [-0.4, -0.2) is 38.1 Å². The fraction of sp³-hybridized carbons (Fsp3) is 0.500. The molecule has 1 aromatic carbocycles. The predicted octanol–water partition coefficient (Wildman–Crippen LogP) is 1.86. The number of amides is 1. The van der Waals surface area contributed by atoms with E-state index in [1.807, 2.05) is 31.4 Å². The maximum absolute atomic E-state index is 11.9. The second-order valence-corrected chi connectivity index (χ2v) is 7.96. The van der Waals surface area contributed by atoms with Crippen molar-refractivity contribution in [2.45, 2.75) is 24.3 Å². The van der Waals surface area contributed by atoms with Crippen molar-refractivity contribution >= 4 is 27.5 Å². The predicted molar refractivity (Wildman–Crippen MR) is 84.5 cm³/mol. The molecular formula is C14H21NO3S2. The van der Waals surface area contributed by atoms with Gasteiger partial charge >= 0.3 is 0 Å². The summed E-state index contributed by atoms with van der Waals surface area (Å²) in [5.41, 5.74) is 0.799. The molecule has 1 atom stereocenters. The fourth-order valence-corrected chi connectivity index (χ4v) is 3.38. The number of carbonyl (C=O) groups excluding carboxylic acids is 1. The smallest absolute Gasteiger partial charge is 0.232 e. The lowest BCUT2D eigenvalue weighted by atomic mass is 10.2. The monoisotopic (exact) mass is 315 g/mol. The van der Waals surface area contributed by atoms with Crippen LogP contribution in [0.3, 0.4) is 0 Å². The van der Waals surface area contributed by atoms with Crippen molar-refractivity contribution in [2.24, 2.45) is 0 Å². The van der Waals surface area contributed by atoms with Crippen molar-refractivity contribution in [3.8, 4) is 0 Å². The Balaban J connectivity index is 2.32. The third kappa shape index (κ3) is 6.43. The van der Waals surface area contributed by atoms with E-state index in [0.717, 1.165) is 5.56 Å². The van der Waals surface area contributed by atoms with E-state index >= 15 is 0 Å². The Hall–Kier alpha value is -1.01. The van der Waals surface area contributed by atoms with Crippen molar-refractivity contribution in [3.63, 3.8) is 0 Å². The van der Waals surface area contributed by atoms with Gasteiger partial charge in [-0.15, -0.1) is 0 Å². The first kappa shape index (κ1) is 17.0. The zero-order valence-electron chi connectivity index (χ0n) is 11.8. The first-order chi connectivity index (χ1) is 9.44. The van der Waals surface area contributed by atoms with Crippen LogP contribution >= 0.6 is 11.8 Å². The minimum atomic E-state index is -3.11. The molecule has 0 bridgehead atoms. The molecule has 1 aromatic rings. The van der Waals surface area contributed by atoms with Gasteiger partial charge in [0.05, 0.1) is 16.8 Å². The van der Waals surface area contributed by atoms with Gasteiger partial charge in [-0.1, -0.05) is 30.3 Å². The van der Waals surface area contributed by atoms with E-state index < -0.39 is 9.84 Å². The average molecular weight is 315 g/mol. The van der Waals surface area contributed by atoms with E-state index in [1.165, 1.54) is 11.8 Å². The van der Waals surface area contributed by atoms with E-state index in [-0.39, 0.29) is 22.7 Å². The third-order valence-corrected chi connectivity index (χ3v) is 5.49. The molecular weight excluding hydrogens is 294 g/mol. The summed E-state index contributed by atoms with van der Waals surface area (Å²) in [6.45, 7) is 2.23. The number of hydrogen-bond acceptors (Lipinski definition) is 4. The number of rotatable bonds is 8. The molecule has 0 saturated heterocycles. The molecule has 1 unspecified atom stereocenters. The molecule has 0 spiro atoms. The van der Waals surface area contributed by atoms with Crippen LogP contribution in [0, 0.1) is 0 Å². The van der Waals surface area contributed by atoms with Crippen LogP contribution in [0.1, 0.15) is 18.9 Å². The Bertz CT molecular complexity index is 514. The number of hydrogen-bond donors (Lipinski definition) is 1. The van der Waals surface area contributed by atoms with Gasteiger partial charge in [-0.2, -0.15) is 11.8 Å². The maximum Gasteiger partial charge on any atom is 0.232 e. The molecule has 4 nitrogen and oxygen atoms in total. The normalized spacial score (nSPS) is 12.9. The van der Waals surface area contributed by atoms with Crippen LogP contribution in [0.2, 0.25) is 0 Å². The van der Waals surface area contributed by atoms with E-state index in [1.54, 1.807) is 12.1 Å². The van der Waals surface area contributed by atoms with E-state index in [9.17, 15) is 13.2 Å². The van der Waals surface area contributed by atoms with Gasteiger partial charge in [0, 0.05) is 6.54 Å². The number of sulfone groups is 1. The van der Waals surface area contributed by atoms with Gasteiger partial charge in [0.15, 0.2) is 9.84 Å². The molecule has 0 saturated carbocycles. The molecule has 0 heterocycles. The second-order valence-electron chi connectivity index (χ2n) is 4.60. The maximum atomic E-state index is 11.9. The molecule has 1 rings (SSSR count). The largest absolute Gasteiger partial charge is 0.355 e. The van der Waals surface area contributed by atoms with Gasteiger partial charge < -0.3 is 5.32 Å². The number of thioether (sulfide) groups is 1. The van der Waals surface area contributed by atoms with E-state index in [4.69, 9.17) is 0 Å². The van der Waals surface area contributed by atoms with Crippen molar-refractivity contribution in [1.82, 2.24) is 5.32 Å². The van der Waals surface area contributed by atoms with Crippen LogP contribution in [0.4, 0.5) is 0 Å². The summed E-state index contributed by atoms with van der Waals surface area (Å²) in [7, 11) is -3.11. The summed E-state index contributed by atoms with van der Waals surface area (Å²) < 4.78 is 23.8. The molecule has 1 N–H and O–H groups in total. The summed E-state index contributed by atoms with van der Waals surface area (Å²) >= 11 is 1.47. The quantitative estimate of drug-likeness (QED) is 0.744. The number of nitrogens with one attached hydrogen (secondary N) is 1. The summed E-state index contributed by atoms with van der Waals surface area (Å²) in [5.74, 6) is 0.108. The topological polar surface area (TPSA) is 63.2 Å². The van der Waals surface area contributed by atoms with Gasteiger partial charge in [-0.25, -0.2) is 8.42 Å². The first-order valence-electron chi connectivity index (χ1n) is 6.49. The average Bonchev–Trinajstić information content (AvgIpc) is 2.43. The van der Waals surface area contributed by atoms with Gasteiger partial charge in [-0.05, 0) is 25.2 Å². The lowest BCUT2D eigenvalue weighted by Crippen LogP contribution is -2.32. The minimum absolute atomic E-state index is 0.0436. The zero-order chi connectivity index (χ0) is 15.0.